The summed E-state index contributed by atoms with van der Waals surface area (Å²) >= 11 is 0. The van der Waals surface area contributed by atoms with Crippen LogP contribution in [0, 0.1) is 0 Å². The van der Waals surface area contributed by atoms with Crippen molar-refractivity contribution < 1.29 is 9.47 Å². The lowest BCUT2D eigenvalue weighted by Gasteiger charge is -2.08. The summed E-state index contributed by atoms with van der Waals surface area (Å²) in [5, 5.41) is 0. The second-order valence-electron chi connectivity index (χ2n) is 4.98. The van der Waals surface area contributed by atoms with Gasteiger partial charge in [-0.3, -0.25) is 4.79 Å². The molecule has 104 valence electrons. The monoisotopic (exact) mass is 271 g/mol. The van der Waals surface area contributed by atoms with E-state index in [0.717, 1.165) is 24.2 Å². The maximum absolute atomic E-state index is 11.9. The molecule has 0 unspecified atom stereocenters. The van der Waals surface area contributed by atoms with Gasteiger partial charge in [-0.25, -0.2) is 0 Å². The van der Waals surface area contributed by atoms with Crippen LogP contribution < -0.4 is 15.0 Å². The number of hydrogen-bond acceptors (Lipinski definition) is 3. The van der Waals surface area contributed by atoms with Gasteiger partial charge in [-0.15, -0.1) is 0 Å². The summed E-state index contributed by atoms with van der Waals surface area (Å²) in [6.07, 6.45) is 4.03. The molecule has 4 heteroatoms. The SMILES string of the molecule is COc1ccc(COc2ccn(C3CC3)c(=O)c2)cc1. The van der Waals surface area contributed by atoms with Crippen LogP contribution in [0.5, 0.6) is 11.5 Å². The Morgan fingerprint density at radius 2 is 1.90 bits per heavy atom. The predicted octanol–water partition coefficient (Wildman–Crippen LogP) is 2.77. The summed E-state index contributed by atoms with van der Waals surface area (Å²) in [6.45, 7) is 0.441. The number of rotatable bonds is 5. The Morgan fingerprint density at radius 3 is 2.50 bits per heavy atom. The van der Waals surface area contributed by atoms with Gasteiger partial charge in [0, 0.05) is 18.3 Å². The molecule has 4 nitrogen and oxygen atoms in total. The van der Waals surface area contributed by atoms with E-state index in [-0.39, 0.29) is 5.56 Å². The minimum absolute atomic E-state index is 0.0136. The first-order chi connectivity index (χ1) is 9.76. The van der Waals surface area contributed by atoms with E-state index in [0.29, 0.717) is 18.4 Å². The van der Waals surface area contributed by atoms with Crippen molar-refractivity contribution in [3.8, 4) is 11.5 Å². The lowest BCUT2D eigenvalue weighted by atomic mass is 10.2. The summed E-state index contributed by atoms with van der Waals surface area (Å²) in [5.41, 5.74) is 1.05. The van der Waals surface area contributed by atoms with Gasteiger partial charge in [0.15, 0.2) is 0 Å². The van der Waals surface area contributed by atoms with Gasteiger partial charge >= 0.3 is 0 Å². The molecule has 2 aromatic rings. The molecule has 0 atom stereocenters. The minimum Gasteiger partial charge on any atom is -0.497 e. The molecule has 0 N–H and O–H groups in total. The predicted molar refractivity (Wildman–Crippen MR) is 76.3 cm³/mol. The minimum atomic E-state index is 0.0136. The molecular formula is C16H17NO3. The van der Waals surface area contributed by atoms with Crippen molar-refractivity contribution in [3.63, 3.8) is 0 Å². The van der Waals surface area contributed by atoms with Crippen molar-refractivity contribution in [2.75, 3.05) is 7.11 Å². The Labute approximate surface area is 117 Å². The van der Waals surface area contributed by atoms with E-state index >= 15 is 0 Å². The van der Waals surface area contributed by atoms with Crippen LogP contribution in [-0.4, -0.2) is 11.7 Å². The molecule has 1 aromatic heterocycles. The molecule has 1 aromatic carbocycles. The largest absolute Gasteiger partial charge is 0.497 e. The summed E-state index contributed by atoms with van der Waals surface area (Å²) < 4.78 is 12.5. The van der Waals surface area contributed by atoms with Crippen molar-refractivity contribution in [1.82, 2.24) is 4.57 Å². The molecule has 1 heterocycles. The molecule has 1 aliphatic rings. The normalized spacial score (nSPS) is 14.1. The summed E-state index contributed by atoms with van der Waals surface area (Å²) in [7, 11) is 1.64. The molecule has 0 radical (unpaired) electrons. The van der Waals surface area contributed by atoms with Crippen LogP contribution in [0.3, 0.4) is 0 Å². The maximum atomic E-state index is 11.9. The first-order valence-corrected chi connectivity index (χ1v) is 6.74. The molecular weight excluding hydrogens is 254 g/mol. The van der Waals surface area contributed by atoms with Gasteiger partial charge in [-0.1, -0.05) is 12.1 Å². The Bertz CT molecular complexity index is 642. The van der Waals surface area contributed by atoms with Gasteiger partial charge in [-0.05, 0) is 36.6 Å². The second kappa shape index (κ2) is 5.41. The van der Waals surface area contributed by atoms with Crippen molar-refractivity contribution >= 4 is 0 Å². The summed E-state index contributed by atoms with van der Waals surface area (Å²) in [5.74, 6) is 1.43. The zero-order valence-electron chi connectivity index (χ0n) is 11.4. The zero-order chi connectivity index (χ0) is 13.9. The van der Waals surface area contributed by atoms with Crippen molar-refractivity contribution in [2.45, 2.75) is 25.5 Å². The number of pyridine rings is 1. The fourth-order valence-electron chi connectivity index (χ4n) is 2.10. The molecule has 0 aliphatic heterocycles. The second-order valence-corrected chi connectivity index (χ2v) is 4.98. The Balaban J connectivity index is 1.65. The van der Waals surface area contributed by atoms with E-state index in [1.165, 1.54) is 0 Å². The van der Waals surface area contributed by atoms with Gasteiger partial charge in [0.1, 0.15) is 18.1 Å². The molecule has 1 fully saturated rings. The van der Waals surface area contributed by atoms with Crippen LogP contribution in [0.15, 0.2) is 47.4 Å². The maximum Gasteiger partial charge on any atom is 0.254 e. The van der Waals surface area contributed by atoms with Gasteiger partial charge in [0.25, 0.3) is 5.56 Å². The average Bonchev–Trinajstić information content (AvgIpc) is 3.30. The quantitative estimate of drug-likeness (QED) is 0.839. The van der Waals surface area contributed by atoms with Crippen molar-refractivity contribution in [1.29, 1.82) is 0 Å². The van der Waals surface area contributed by atoms with Crippen LogP contribution >= 0.6 is 0 Å². The van der Waals surface area contributed by atoms with E-state index < -0.39 is 0 Å². The topological polar surface area (TPSA) is 40.5 Å². The van der Waals surface area contributed by atoms with E-state index in [2.05, 4.69) is 0 Å². The van der Waals surface area contributed by atoms with Crippen LogP contribution in [0.1, 0.15) is 24.4 Å². The number of aromatic nitrogens is 1. The Morgan fingerprint density at radius 1 is 1.15 bits per heavy atom. The molecule has 1 saturated carbocycles. The lowest BCUT2D eigenvalue weighted by Crippen LogP contribution is -2.17. The van der Waals surface area contributed by atoms with Crippen LogP contribution in [0.2, 0.25) is 0 Å². The van der Waals surface area contributed by atoms with Gasteiger partial charge in [0.2, 0.25) is 0 Å². The third-order valence-electron chi connectivity index (χ3n) is 3.42. The van der Waals surface area contributed by atoms with E-state index in [1.807, 2.05) is 36.5 Å². The highest BCUT2D eigenvalue weighted by Gasteiger charge is 2.24. The fraction of sp³-hybridized carbons (Fsp3) is 0.312. The number of nitrogens with zero attached hydrogens (tertiary/aromatic N) is 1. The average molecular weight is 271 g/mol. The van der Waals surface area contributed by atoms with Gasteiger partial charge in [0.05, 0.1) is 7.11 Å². The molecule has 0 amide bonds. The summed E-state index contributed by atoms with van der Waals surface area (Å²) in [4.78, 5) is 11.9. The van der Waals surface area contributed by atoms with Crippen LogP contribution in [0.4, 0.5) is 0 Å². The van der Waals surface area contributed by atoms with E-state index in [1.54, 1.807) is 17.7 Å². The molecule has 0 spiro atoms. The first kappa shape index (κ1) is 12.8. The number of methoxy groups -OCH3 is 1. The third kappa shape index (κ3) is 2.85. The fourth-order valence-corrected chi connectivity index (χ4v) is 2.10. The molecule has 0 bridgehead atoms. The third-order valence-corrected chi connectivity index (χ3v) is 3.42. The molecule has 0 saturated heterocycles. The van der Waals surface area contributed by atoms with Crippen LogP contribution in [0.25, 0.3) is 0 Å². The number of benzene rings is 1. The van der Waals surface area contributed by atoms with Crippen molar-refractivity contribution in [3.05, 3.63) is 58.5 Å². The number of hydrogen-bond donors (Lipinski definition) is 0. The highest BCUT2D eigenvalue weighted by Crippen LogP contribution is 2.33. The highest BCUT2D eigenvalue weighted by molar-refractivity contribution is 5.27. The van der Waals surface area contributed by atoms with E-state index in [4.69, 9.17) is 9.47 Å². The molecule has 3 rings (SSSR count). The lowest BCUT2D eigenvalue weighted by molar-refractivity contribution is 0.304. The number of ether oxygens (including phenoxy) is 2. The van der Waals surface area contributed by atoms with E-state index in [9.17, 15) is 4.79 Å². The Kier molecular flexibility index (Phi) is 3.46. The zero-order valence-corrected chi connectivity index (χ0v) is 11.4. The smallest absolute Gasteiger partial charge is 0.254 e. The van der Waals surface area contributed by atoms with Gasteiger partial charge in [-0.2, -0.15) is 0 Å². The van der Waals surface area contributed by atoms with Crippen molar-refractivity contribution in [2.24, 2.45) is 0 Å². The molecule has 1 aliphatic carbocycles. The molecule has 20 heavy (non-hydrogen) atoms. The first-order valence-electron chi connectivity index (χ1n) is 6.74. The Hall–Kier alpha value is -2.23. The van der Waals surface area contributed by atoms with Crippen LogP contribution in [-0.2, 0) is 6.61 Å². The summed E-state index contributed by atoms with van der Waals surface area (Å²) in [6, 6.07) is 11.5. The van der Waals surface area contributed by atoms with Gasteiger partial charge < -0.3 is 14.0 Å². The highest BCUT2D eigenvalue weighted by atomic mass is 16.5. The standard InChI is InChI=1S/C16H17NO3/c1-19-14-6-2-12(3-7-14)11-20-15-8-9-17(13-4-5-13)16(18)10-15/h2-3,6-10,13H,4-5,11H2,1H3.